The van der Waals surface area contributed by atoms with Crippen molar-refractivity contribution in [2.45, 2.75) is 156 Å². The third kappa shape index (κ3) is 16.0. The van der Waals surface area contributed by atoms with E-state index in [-0.39, 0.29) is 0 Å². The van der Waals surface area contributed by atoms with Crippen LogP contribution < -0.4 is 0 Å². The van der Waals surface area contributed by atoms with Crippen LogP contribution in [0.4, 0.5) is 0 Å². The smallest absolute Gasteiger partial charge is 0.133 e. The van der Waals surface area contributed by atoms with Gasteiger partial charge in [-0.2, -0.15) is 0 Å². The highest BCUT2D eigenvalue weighted by Crippen LogP contribution is 2.26. The van der Waals surface area contributed by atoms with Crippen molar-refractivity contribution in [3.8, 4) is 0 Å². The van der Waals surface area contributed by atoms with Crippen LogP contribution in [0.25, 0.3) is 0 Å². The third-order valence-electron chi connectivity index (χ3n) is 7.34. The van der Waals surface area contributed by atoms with E-state index in [0.717, 1.165) is 5.37 Å². The largest absolute Gasteiger partial charge is 0.313 e. The summed E-state index contributed by atoms with van der Waals surface area (Å²) in [6.45, 7) is 15.9. The van der Waals surface area contributed by atoms with Crippen molar-refractivity contribution in [2.75, 3.05) is 25.4 Å². The van der Waals surface area contributed by atoms with Crippen LogP contribution in [0.15, 0.2) is 0 Å². The van der Waals surface area contributed by atoms with Gasteiger partial charge in [-0.1, -0.05) is 122 Å². The summed E-state index contributed by atoms with van der Waals surface area (Å²) in [6.07, 6.45) is 26.1. The summed E-state index contributed by atoms with van der Waals surface area (Å²) in [4.78, 5) is 0. The van der Waals surface area contributed by atoms with Gasteiger partial charge in [0, 0.05) is 0 Å². The summed E-state index contributed by atoms with van der Waals surface area (Å²) in [5.74, 6) is 1.34. The first-order chi connectivity index (χ1) is 14.7. The lowest BCUT2D eigenvalue weighted by molar-refractivity contribution is -0.932. The Hall–Kier alpha value is 0.310. The van der Waals surface area contributed by atoms with Gasteiger partial charge >= 0.3 is 0 Å². The zero-order valence-electron chi connectivity index (χ0n) is 22.0. The monoisotopic (exact) mass is 442 g/mol. The van der Waals surface area contributed by atoms with Crippen LogP contribution >= 0.6 is 11.8 Å². The molecule has 0 aliphatic carbocycles. The molecule has 0 aromatic carbocycles. The molecular weight excluding hydrogens is 382 g/mol. The minimum absolute atomic E-state index is 0.767. The van der Waals surface area contributed by atoms with Gasteiger partial charge in [0.1, 0.15) is 5.37 Å². The lowest BCUT2D eigenvalue weighted by atomic mass is 10.0. The molecule has 1 atom stereocenters. The quantitative estimate of drug-likeness (QED) is 0.0813. The maximum absolute atomic E-state index is 2.49. The van der Waals surface area contributed by atoms with Gasteiger partial charge in [-0.25, -0.2) is 0 Å². The second-order valence-electron chi connectivity index (χ2n) is 9.70. The Morgan fingerprint density at radius 3 is 1.23 bits per heavy atom. The molecule has 0 aliphatic heterocycles. The van der Waals surface area contributed by atoms with Gasteiger partial charge < -0.3 is 4.48 Å². The summed E-state index contributed by atoms with van der Waals surface area (Å²) < 4.78 is 1.33. The number of hydrogen-bond acceptors (Lipinski definition) is 1. The molecule has 0 aromatic heterocycles. The van der Waals surface area contributed by atoms with Gasteiger partial charge in [0.2, 0.25) is 0 Å². The lowest BCUT2D eigenvalue weighted by Crippen LogP contribution is -2.53. The van der Waals surface area contributed by atoms with Crippen LogP contribution in [-0.4, -0.2) is 35.2 Å². The van der Waals surface area contributed by atoms with E-state index in [1.165, 1.54) is 145 Å². The molecular formula is C28H60NS+. The fourth-order valence-corrected chi connectivity index (χ4v) is 6.28. The molecule has 0 saturated heterocycles. The SMILES string of the molecule is CCCCCCCCCCCCCCCCCC[N+](CC)(CC)C(C)SCCCC. The highest BCUT2D eigenvalue weighted by atomic mass is 32.2. The molecule has 30 heavy (non-hydrogen) atoms. The molecule has 2 heteroatoms. The van der Waals surface area contributed by atoms with E-state index in [1.54, 1.807) is 0 Å². The molecule has 182 valence electrons. The summed E-state index contributed by atoms with van der Waals surface area (Å²) in [5.41, 5.74) is 0. The summed E-state index contributed by atoms with van der Waals surface area (Å²) in [6, 6.07) is 0. The molecule has 0 bridgehead atoms. The number of rotatable bonds is 24. The molecule has 0 rings (SSSR count). The predicted molar refractivity (Wildman–Crippen MR) is 143 cm³/mol. The maximum Gasteiger partial charge on any atom is 0.133 e. The van der Waals surface area contributed by atoms with E-state index in [2.05, 4.69) is 46.4 Å². The van der Waals surface area contributed by atoms with Crippen molar-refractivity contribution in [1.82, 2.24) is 0 Å². The Morgan fingerprint density at radius 2 is 0.867 bits per heavy atom. The van der Waals surface area contributed by atoms with E-state index in [4.69, 9.17) is 0 Å². The highest BCUT2D eigenvalue weighted by Gasteiger charge is 2.29. The second kappa shape index (κ2) is 22.5. The molecule has 0 heterocycles. The minimum atomic E-state index is 0.767. The molecule has 1 nitrogen and oxygen atoms in total. The molecule has 0 spiro atoms. The molecule has 1 unspecified atom stereocenters. The predicted octanol–water partition coefficient (Wildman–Crippen LogP) is 9.98. The van der Waals surface area contributed by atoms with Crippen molar-refractivity contribution in [2.24, 2.45) is 0 Å². The molecule has 0 saturated carbocycles. The average molecular weight is 443 g/mol. The fourth-order valence-electron chi connectivity index (χ4n) is 4.77. The average Bonchev–Trinajstić information content (AvgIpc) is 2.76. The first-order valence-corrected chi connectivity index (χ1v) is 15.2. The van der Waals surface area contributed by atoms with Crippen LogP contribution in [0.2, 0.25) is 0 Å². The normalized spacial score (nSPS) is 13.1. The number of nitrogens with zero attached hydrogens (tertiary/aromatic N) is 1. The molecule has 0 aromatic rings. The van der Waals surface area contributed by atoms with Crippen molar-refractivity contribution >= 4 is 11.8 Å². The van der Waals surface area contributed by atoms with E-state index in [9.17, 15) is 0 Å². The van der Waals surface area contributed by atoms with Crippen LogP contribution in [0.3, 0.4) is 0 Å². The maximum atomic E-state index is 2.49. The lowest BCUT2D eigenvalue weighted by Gasteiger charge is -2.42. The van der Waals surface area contributed by atoms with Gasteiger partial charge in [0.05, 0.1) is 19.6 Å². The first kappa shape index (κ1) is 30.3. The first-order valence-electron chi connectivity index (χ1n) is 14.1. The van der Waals surface area contributed by atoms with E-state index in [1.807, 2.05) is 0 Å². The zero-order valence-corrected chi connectivity index (χ0v) is 22.8. The van der Waals surface area contributed by atoms with Crippen LogP contribution in [0.1, 0.15) is 150 Å². The van der Waals surface area contributed by atoms with E-state index >= 15 is 0 Å². The van der Waals surface area contributed by atoms with E-state index in [0.29, 0.717) is 0 Å². The molecule has 0 radical (unpaired) electrons. The van der Waals surface area contributed by atoms with Crippen molar-refractivity contribution in [1.29, 1.82) is 0 Å². The van der Waals surface area contributed by atoms with Gasteiger partial charge in [0.15, 0.2) is 0 Å². The summed E-state index contributed by atoms with van der Waals surface area (Å²) in [7, 11) is 0. The Kier molecular flexibility index (Phi) is 22.7. The molecule has 0 aliphatic rings. The zero-order chi connectivity index (χ0) is 22.3. The van der Waals surface area contributed by atoms with Gasteiger partial charge in [0.25, 0.3) is 0 Å². The Bertz CT molecular complexity index is 327. The standard InChI is InChI=1S/C28H60NS/c1-6-10-12-13-14-15-16-17-18-19-20-21-22-23-24-25-26-29(8-3,9-4)28(5)30-27-11-7-2/h28H,6-27H2,1-5H3/q+1. The van der Waals surface area contributed by atoms with Crippen LogP contribution in [-0.2, 0) is 0 Å². The van der Waals surface area contributed by atoms with Crippen LogP contribution in [0, 0.1) is 0 Å². The minimum Gasteiger partial charge on any atom is -0.313 e. The molecule has 0 amide bonds. The Balaban J connectivity index is 3.57. The van der Waals surface area contributed by atoms with Gasteiger partial charge in [-0.05, 0) is 45.8 Å². The second-order valence-corrected chi connectivity index (χ2v) is 11.1. The number of quaternary nitrogens is 1. The van der Waals surface area contributed by atoms with Gasteiger partial charge in [-0.3, -0.25) is 0 Å². The van der Waals surface area contributed by atoms with Crippen molar-refractivity contribution < 1.29 is 4.48 Å². The van der Waals surface area contributed by atoms with Crippen LogP contribution in [0.5, 0.6) is 0 Å². The topological polar surface area (TPSA) is 0 Å². The summed E-state index contributed by atoms with van der Waals surface area (Å²) in [5, 5.41) is 0.767. The Labute approximate surface area is 197 Å². The third-order valence-corrected chi connectivity index (χ3v) is 8.80. The Morgan fingerprint density at radius 1 is 0.500 bits per heavy atom. The molecule has 0 N–H and O–H groups in total. The number of unbranched alkanes of at least 4 members (excludes halogenated alkanes) is 16. The number of thioether (sulfide) groups is 1. The van der Waals surface area contributed by atoms with Crippen molar-refractivity contribution in [3.05, 3.63) is 0 Å². The number of hydrogen-bond donors (Lipinski definition) is 0. The fraction of sp³-hybridized carbons (Fsp3) is 1.00. The summed E-state index contributed by atoms with van der Waals surface area (Å²) >= 11 is 2.22. The highest BCUT2D eigenvalue weighted by molar-refractivity contribution is 7.99. The molecule has 0 fully saturated rings. The van der Waals surface area contributed by atoms with Crippen molar-refractivity contribution in [3.63, 3.8) is 0 Å². The van der Waals surface area contributed by atoms with Gasteiger partial charge in [-0.15, -0.1) is 0 Å². The van der Waals surface area contributed by atoms with E-state index < -0.39 is 0 Å².